The van der Waals surface area contributed by atoms with Gasteiger partial charge in [0.05, 0.1) is 6.61 Å². The quantitative estimate of drug-likeness (QED) is 0.137. The summed E-state index contributed by atoms with van der Waals surface area (Å²) in [6.07, 6.45) is 6.17. The van der Waals surface area contributed by atoms with Crippen molar-refractivity contribution in [2.24, 2.45) is 27.2 Å². The highest BCUT2D eigenvalue weighted by molar-refractivity contribution is 5.94. The van der Waals surface area contributed by atoms with Crippen LogP contribution in [-0.2, 0) is 13.1 Å². The van der Waals surface area contributed by atoms with Gasteiger partial charge in [-0.05, 0) is 49.9 Å². The van der Waals surface area contributed by atoms with Crippen molar-refractivity contribution in [3.63, 3.8) is 0 Å². The lowest BCUT2D eigenvalue weighted by atomic mass is 10.1. The lowest BCUT2D eigenvalue weighted by molar-refractivity contribution is -0.0924. The van der Waals surface area contributed by atoms with E-state index in [1.807, 2.05) is 0 Å². The Kier molecular flexibility index (Phi) is 12.5. The molecule has 0 amide bonds. The van der Waals surface area contributed by atoms with Crippen molar-refractivity contribution < 1.29 is 17.9 Å². The Morgan fingerprint density at radius 2 is 1.42 bits per heavy atom. The average molecular weight is 537 g/mol. The van der Waals surface area contributed by atoms with Crippen LogP contribution in [0, 0.1) is 5.41 Å². The zero-order chi connectivity index (χ0) is 28.0. The second-order valence-corrected chi connectivity index (χ2v) is 8.96. The average Bonchev–Trinajstić information content (AvgIpc) is 3.23. The Balaban J connectivity index is 1.86. The molecule has 0 aliphatic rings. The summed E-state index contributed by atoms with van der Waals surface area (Å²) in [5, 5.41) is 7.42. The van der Waals surface area contributed by atoms with E-state index in [0.717, 1.165) is 38.5 Å². The minimum atomic E-state index is -4.59. The lowest BCUT2D eigenvalue weighted by Crippen LogP contribution is -2.28. The molecule has 0 bridgehead atoms. The van der Waals surface area contributed by atoms with Crippen molar-refractivity contribution in [1.29, 1.82) is 5.41 Å². The Labute approximate surface area is 221 Å². The zero-order valence-electron chi connectivity index (χ0n) is 21.7. The molecule has 0 aliphatic heterocycles. The number of hydrogen-bond acceptors (Lipinski definition) is 4. The van der Waals surface area contributed by atoms with Crippen LogP contribution in [0.25, 0.3) is 0 Å². The van der Waals surface area contributed by atoms with Crippen molar-refractivity contribution in [3.05, 3.63) is 60.1 Å². The molecule has 0 unspecified atom stereocenters. The van der Waals surface area contributed by atoms with Gasteiger partial charge in [0.15, 0.2) is 5.96 Å². The van der Waals surface area contributed by atoms with Gasteiger partial charge in [-0.3, -0.25) is 10.4 Å². The van der Waals surface area contributed by atoms with Gasteiger partial charge in [-0.1, -0.05) is 32.3 Å². The molecular formula is C26H39F3N8O. The number of nitrogens with two attached hydrogens (primary N) is 3. The van der Waals surface area contributed by atoms with E-state index in [4.69, 9.17) is 27.3 Å². The van der Waals surface area contributed by atoms with E-state index in [2.05, 4.69) is 16.6 Å². The van der Waals surface area contributed by atoms with E-state index in [9.17, 15) is 13.2 Å². The molecular weight excluding hydrogens is 497 g/mol. The number of unbranched alkanes of at least 4 members (excludes halogenated alkanes) is 6. The molecule has 0 saturated heterocycles. The van der Waals surface area contributed by atoms with E-state index >= 15 is 0 Å². The number of ether oxygens (including phenoxy) is 1. The van der Waals surface area contributed by atoms with Gasteiger partial charge in [0.25, 0.3) is 0 Å². The number of benzene rings is 1. The molecule has 0 aliphatic carbocycles. The van der Waals surface area contributed by atoms with E-state index in [1.54, 1.807) is 45.8 Å². The highest BCUT2D eigenvalue weighted by atomic mass is 19.4. The predicted molar refractivity (Wildman–Crippen MR) is 144 cm³/mol. The summed E-state index contributed by atoms with van der Waals surface area (Å²) in [7, 11) is 0. The third-order valence-electron chi connectivity index (χ3n) is 5.83. The number of halogens is 3. The van der Waals surface area contributed by atoms with Gasteiger partial charge >= 0.3 is 6.18 Å². The molecule has 38 heavy (non-hydrogen) atoms. The number of amidine groups is 1. The summed E-state index contributed by atoms with van der Waals surface area (Å²) in [5.41, 5.74) is 15.8. The fraction of sp³-hybridized carbons (Fsp3) is 0.500. The molecule has 0 spiro atoms. The number of nitrogens with zero attached hydrogens (tertiary/aromatic N) is 4. The third kappa shape index (κ3) is 11.1. The Bertz CT molecular complexity index is 1110. The van der Waals surface area contributed by atoms with Crippen LogP contribution in [0.3, 0.4) is 0 Å². The number of imidazole rings is 1. The van der Waals surface area contributed by atoms with Crippen molar-refractivity contribution in [2.75, 3.05) is 13.2 Å². The number of guanidine groups is 1. The minimum absolute atomic E-state index is 0.00840. The number of nitrogens with one attached hydrogen (secondary N) is 1. The maximum absolute atomic E-state index is 13.1. The number of aliphatic imine (C=N–C) groups is 1. The Morgan fingerprint density at radius 1 is 0.868 bits per heavy atom. The maximum atomic E-state index is 13.1. The van der Waals surface area contributed by atoms with Crippen LogP contribution < -0.4 is 27.6 Å². The van der Waals surface area contributed by atoms with Crippen LogP contribution in [0.5, 0.6) is 5.75 Å². The van der Waals surface area contributed by atoms with Crippen LogP contribution in [-0.4, -0.2) is 40.3 Å². The standard InChI is InChI=1S/C26H39F3N8O/c1-20(26(27,28)29)35-25-36(15-7-5-3-2-4-6-14-34-24(32)33)17-18-37(25)16-8-9-19-38-22-12-10-21(11-13-22)23(30)31/h10-13,17-18H,1-9,14-16,19H2,(H3,30,31)(H4,32,33,34). The first kappa shape index (κ1) is 30.5. The van der Waals surface area contributed by atoms with Gasteiger partial charge in [0, 0.05) is 37.6 Å². The highest BCUT2D eigenvalue weighted by Crippen LogP contribution is 2.24. The fourth-order valence-corrected chi connectivity index (χ4v) is 3.74. The van der Waals surface area contributed by atoms with E-state index in [1.165, 1.54) is 0 Å². The molecule has 7 N–H and O–H groups in total. The van der Waals surface area contributed by atoms with Gasteiger partial charge in [-0.2, -0.15) is 13.2 Å². The monoisotopic (exact) mass is 536 g/mol. The van der Waals surface area contributed by atoms with Crippen LogP contribution in [0.1, 0.15) is 56.9 Å². The summed E-state index contributed by atoms with van der Waals surface area (Å²) in [5.74, 6) is 0.764. The molecule has 0 saturated carbocycles. The van der Waals surface area contributed by atoms with E-state index < -0.39 is 11.9 Å². The highest BCUT2D eigenvalue weighted by Gasteiger charge is 2.32. The normalized spacial score (nSPS) is 11.9. The summed E-state index contributed by atoms with van der Waals surface area (Å²) >= 11 is 0. The second-order valence-electron chi connectivity index (χ2n) is 8.96. The van der Waals surface area contributed by atoms with Crippen LogP contribution in [0.4, 0.5) is 13.2 Å². The summed E-state index contributed by atoms with van der Waals surface area (Å²) in [4.78, 5) is 7.79. The van der Waals surface area contributed by atoms with Crippen molar-refractivity contribution in [2.45, 2.75) is 70.6 Å². The van der Waals surface area contributed by atoms with Crippen LogP contribution in [0.2, 0.25) is 0 Å². The molecule has 12 heteroatoms. The zero-order valence-corrected chi connectivity index (χ0v) is 21.7. The molecule has 210 valence electrons. The number of aromatic nitrogens is 2. The SMILES string of the molecule is C=C(N=c1n(CCCCCCCCN=C(N)N)ccn1CCCCOc1ccc(C(=N)N)cc1)C(F)(F)F. The first-order valence-electron chi connectivity index (χ1n) is 12.8. The molecule has 1 heterocycles. The van der Waals surface area contributed by atoms with Gasteiger partial charge in [0.1, 0.15) is 17.3 Å². The third-order valence-corrected chi connectivity index (χ3v) is 5.83. The number of aryl methyl sites for hydroxylation is 2. The Hall–Kier alpha value is -3.70. The van der Waals surface area contributed by atoms with Gasteiger partial charge in [-0.25, -0.2) is 4.99 Å². The Morgan fingerprint density at radius 3 is 1.97 bits per heavy atom. The van der Waals surface area contributed by atoms with Crippen molar-refractivity contribution in [3.8, 4) is 5.75 Å². The van der Waals surface area contributed by atoms with E-state index in [-0.39, 0.29) is 17.4 Å². The second kappa shape index (κ2) is 15.5. The molecule has 2 aromatic rings. The number of hydrogen-bond donors (Lipinski definition) is 4. The molecule has 0 atom stereocenters. The summed E-state index contributed by atoms with van der Waals surface area (Å²) in [6.45, 7) is 5.27. The first-order valence-corrected chi connectivity index (χ1v) is 12.8. The van der Waals surface area contributed by atoms with Crippen LogP contribution in [0.15, 0.2) is 58.9 Å². The van der Waals surface area contributed by atoms with Gasteiger partial charge < -0.3 is 31.1 Å². The summed E-state index contributed by atoms with van der Waals surface area (Å²) in [6, 6.07) is 6.93. The van der Waals surface area contributed by atoms with Crippen molar-refractivity contribution in [1.82, 2.24) is 9.13 Å². The molecule has 9 nitrogen and oxygen atoms in total. The number of allylic oxidation sites excluding steroid dienone is 1. The molecule has 0 fully saturated rings. The number of nitrogen functional groups attached to an aromatic ring is 1. The predicted octanol–water partition coefficient (Wildman–Crippen LogP) is 4.02. The number of alkyl halides is 3. The molecule has 2 rings (SSSR count). The van der Waals surface area contributed by atoms with Gasteiger partial charge in [-0.15, -0.1) is 0 Å². The fourth-order valence-electron chi connectivity index (χ4n) is 3.74. The molecule has 1 aromatic heterocycles. The number of rotatable bonds is 17. The van der Waals surface area contributed by atoms with Crippen molar-refractivity contribution >= 4 is 11.8 Å². The van der Waals surface area contributed by atoms with E-state index in [0.29, 0.717) is 50.4 Å². The lowest BCUT2D eigenvalue weighted by Gasteiger charge is -2.10. The first-order chi connectivity index (χ1) is 18.1. The largest absolute Gasteiger partial charge is 0.494 e. The molecule has 0 radical (unpaired) electrons. The molecule has 1 aromatic carbocycles. The topological polar surface area (TPSA) is 146 Å². The summed E-state index contributed by atoms with van der Waals surface area (Å²) < 4.78 is 48.6. The minimum Gasteiger partial charge on any atom is -0.494 e. The maximum Gasteiger partial charge on any atom is 0.432 e. The smallest absolute Gasteiger partial charge is 0.432 e. The van der Waals surface area contributed by atoms with Gasteiger partial charge in [0.2, 0.25) is 5.62 Å². The van der Waals surface area contributed by atoms with Crippen LogP contribution >= 0.6 is 0 Å².